The van der Waals surface area contributed by atoms with Gasteiger partial charge in [-0.2, -0.15) is 12.7 Å². The molecular weight excluding hydrogens is 676 g/mol. The van der Waals surface area contributed by atoms with Crippen LogP contribution < -0.4 is 20.1 Å². The first-order valence-corrected chi connectivity index (χ1v) is 19.0. The molecule has 0 aromatic heterocycles. The van der Waals surface area contributed by atoms with Crippen molar-refractivity contribution >= 4 is 22.0 Å². The maximum atomic E-state index is 15.7. The Balaban J connectivity index is 1.12. The van der Waals surface area contributed by atoms with Crippen molar-refractivity contribution in [2.75, 3.05) is 19.6 Å². The zero-order chi connectivity index (χ0) is 35.7. The van der Waals surface area contributed by atoms with Gasteiger partial charge in [0.2, 0.25) is 11.6 Å². The molecule has 3 aliphatic carbocycles. The molecule has 2 saturated heterocycles. The molecule has 0 radical (unpaired) electrons. The maximum absolute atomic E-state index is 15.7. The molecule has 5 fully saturated rings. The topological polar surface area (TPSA) is 117 Å². The molecule has 14 heteroatoms. The number of carbonyl (C=O) groups is 2. The molecule has 9 nitrogen and oxygen atoms in total. The summed E-state index contributed by atoms with van der Waals surface area (Å²) in [6.45, 7) is 1.04. The molecule has 3 saturated carbocycles. The first kappa shape index (κ1) is 35.2. The molecule has 2 aliphatic heterocycles. The Morgan fingerprint density at radius 3 is 2.36 bits per heavy atom. The number of nitrogens with zero attached hydrogens (tertiary/aromatic N) is 1. The molecule has 0 bridgehead atoms. The molecule has 50 heavy (non-hydrogen) atoms. The van der Waals surface area contributed by atoms with Gasteiger partial charge in [0.05, 0.1) is 18.5 Å². The highest BCUT2D eigenvalue weighted by atomic mass is 32.2. The third-order valence-electron chi connectivity index (χ3n) is 11.6. The van der Waals surface area contributed by atoms with E-state index in [1.165, 1.54) is 19.9 Å². The van der Waals surface area contributed by atoms with Gasteiger partial charge in [0.15, 0.2) is 0 Å². The molecule has 272 valence electrons. The lowest BCUT2D eigenvalue weighted by Crippen LogP contribution is -2.62. The van der Waals surface area contributed by atoms with Crippen LogP contribution in [0.2, 0.25) is 0 Å². The Bertz CT molecular complexity index is 1790. The van der Waals surface area contributed by atoms with Crippen LogP contribution in [0.5, 0.6) is 5.75 Å². The van der Waals surface area contributed by atoms with Gasteiger partial charge in [0.25, 0.3) is 11.8 Å². The normalized spacial score (nSPS) is 27.6. The lowest BCUT2D eigenvalue weighted by molar-refractivity contribution is -0.133. The smallest absolute Gasteiger partial charge is 0.304 e. The summed E-state index contributed by atoms with van der Waals surface area (Å²) in [5.41, 5.74) is -1.59. The second-order valence-corrected chi connectivity index (χ2v) is 17.2. The lowest BCUT2D eigenvalue weighted by atomic mass is 9.74. The van der Waals surface area contributed by atoms with Crippen LogP contribution >= 0.6 is 0 Å². The molecule has 2 aromatic rings. The van der Waals surface area contributed by atoms with Crippen LogP contribution in [0.4, 0.5) is 17.6 Å². The van der Waals surface area contributed by atoms with Gasteiger partial charge in [-0.3, -0.25) is 9.59 Å². The van der Waals surface area contributed by atoms with E-state index in [4.69, 9.17) is 4.74 Å². The Morgan fingerprint density at radius 2 is 1.74 bits per heavy atom. The monoisotopic (exact) mass is 720 g/mol. The van der Waals surface area contributed by atoms with Crippen molar-refractivity contribution in [2.45, 2.75) is 119 Å². The summed E-state index contributed by atoms with van der Waals surface area (Å²) in [4.78, 5) is 26.5. The van der Waals surface area contributed by atoms with Crippen LogP contribution in [0.3, 0.4) is 0 Å². The molecular formula is C36H44F4N4O5S. The van der Waals surface area contributed by atoms with Crippen LogP contribution in [-0.2, 0) is 25.2 Å². The minimum atomic E-state index is -4.50. The van der Waals surface area contributed by atoms with Gasteiger partial charge in [-0.15, -0.1) is 0 Å². The molecule has 2 heterocycles. The van der Waals surface area contributed by atoms with Crippen molar-refractivity contribution in [2.24, 2.45) is 0 Å². The number of ether oxygens (including phenoxy) is 1. The summed E-state index contributed by atoms with van der Waals surface area (Å²) < 4.78 is 92.3. The Hall–Kier alpha value is -3.23. The zero-order valence-corrected chi connectivity index (χ0v) is 29.1. The fourth-order valence-corrected chi connectivity index (χ4v) is 9.31. The van der Waals surface area contributed by atoms with E-state index in [1.807, 2.05) is 4.72 Å². The largest absolute Gasteiger partial charge is 0.490 e. The number of carbonyl (C=O) groups excluding carboxylic acids is 2. The Morgan fingerprint density at radius 1 is 1.00 bits per heavy atom. The average molecular weight is 721 g/mol. The fourth-order valence-electron chi connectivity index (χ4n) is 7.97. The third kappa shape index (κ3) is 6.51. The van der Waals surface area contributed by atoms with Crippen molar-refractivity contribution in [3.05, 3.63) is 53.3 Å². The van der Waals surface area contributed by atoms with Gasteiger partial charge in [0, 0.05) is 36.5 Å². The van der Waals surface area contributed by atoms with E-state index in [0.29, 0.717) is 51.6 Å². The van der Waals surface area contributed by atoms with Gasteiger partial charge in [-0.1, -0.05) is 24.6 Å². The lowest BCUT2D eigenvalue weighted by Gasteiger charge is -2.38. The molecule has 5 aliphatic rings. The number of halogens is 4. The highest BCUT2D eigenvalue weighted by Crippen LogP contribution is 2.47. The summed E-state index contributed by atoms with van der Waals surface area (Å²) >= 11 is 0. The minimum absolute atomic E-state index is 0.00191. The Labute approximate surface area is 290 Å². The highest BCUT2D eigenvalue weighted by Gasteiger charge is 2.56. The predicted molar refractivity (Wildman–Crippen MR) is 178 cm³/mol. The Kier molecular flexibility index (Phi) is 8.78. The molecule has 7 rings (SSSR count). The van der Waals surface area contributed by atoms with Crippen molar-refractivity contribution in [3.8, 4) is 16.9 Å². The fraction of sp³-hybridized carbons (Fsp3) is 0.611. The molecule has 1 spiro atoms. The van der Waals surface area contributed by atoms with E-state index in [2.05, 4.69) is 10.6 Å². The summed E-state index contributed by atoms with van der Waals surface area (Å²) in [6.07, 6.45) is 6.87. The number of rotatable bonds is 10. The first-order chi connectivity index (χ1) is 23.5. The van der Waals surface area contributed by atoms with Crippen molar-refractivity contribution in [1.82, 2.24) is 19.7 Å². The van der Waals surface area contributed by atoms with Crippen molar-refractivity contribution in [1.29, 1.82) is 0 Å². The molecule has 2 amide bonds. The summed E-state index contributed by atoms with van der Waals surface area (Å²) in [6, 6.07) is 9.54. The van der Waals surface area contributed by atoms with E-state index in [-0.39, 0.29) is 42.4 Å². The van der Waals surface area contributed by atoms with E-state index in [0.717, 1.165) is 38.5 Å². The average Bonchev–Trinajstić information content (AvgIpc) is 3.60. The molecule has 3 N–H and O–H groups in total. The van der Waals surface area contributed by atoms with E-state index < -0.39 is 52.1 Å². The van der Waals surface area contributed by atoms with Crippen LogP contribution in [0, 0.1) is 5.82 Å². The summed E-state index contributed by atoms with van der Waals surface area (Å²) in [7, 11) is -4.50. The summed E-state index contributed by atoms with van der Waals surface area (Å²) in [5.74, 6) is -4.58. The second kappa shape index (κ2) is 12.5. The van der Waals surface area contributed by atoms with Crippen molar-refractivity contribution < 1.29 is 40.3 Å². The molecule has 3 atom stereocenters. The second-order valence-electron chi connectivity index (χ2n) is 15.6. The number of benzene rings is 2. The van der Waals surface area contributed by atoms with Crippen LogP contribution in [0.25, 0.3) is 11.1 Å². The SMILES string of the molecule is CC(C)(C(=O)NS(=O)(=O)N1CC(F)(F)C1)c1ccc(O[C@@H]2CC[C@@H](NC(=O)[C@]3(F)CNC4(CCC4)C3)C2)c(-c2cccc(F)c2C2CCC2)c1. The maximum Gasteiger partial charge on any atom is 0.304 e. The van der Waals surface area contributed by atoms with Crippen molar-refractivity contribution in [3.63, 3.8) is 0 Å². The van der Waals surface area contributed by atoms with E-state index >= 15 is 8.78 Å². The number of alkyl halides is 3. The molecule has 0 unspecified atom stereocenters. The predicted octanol–water partition coefficient (Wildman–Crippen LogP) is 5.39. The minimum Gasteiger partial charge on any atom is -0.490 e. The number of hydrogen-bond donors (Lipinski definition) is 3. The van der Waals surface area contributed by atoms with E-state index in [9.17, 15) is 26.8 Å². The standard InChI is InChI=1S/C36H44F4N4O5S/c1-33(2,31(45)43-50(47,48)44-20-36(39,40)21-44)23-10-13-29(27(16-23)26-8-4-9-28(37)30(26)22-6-3-7-22)49-25-12-11-24(17-25)42-32(46)35(38)18-34(41-19-35)14-5-15-34/h4,8-10,13,16,22,24-25,41H,3,5-7,11-12,14-15,17-21H2,1-2H3,(H,42,46)(H,43,45)/t24-,25-,35-/m1/s1. The zero-order valence-electron chi connectivity index (χ0n) is 28.3. The van der Waals surface area contributed by atoms with Gasteiger partial charge in [-0.05, 0) is 99.6 Å². The van der Waals surface area contributed by atoms with Crippen LogP contribution in [0.1, 0.15) is 95.1 Å². The van der Waals surface area contributed by atoms with Gasteiger partial charge >= 0.3 is 10.2 Å². The highest BCUT2D eigenvalue weighted by molar-refractivity contribution is 7.87. The van der Waals surface area contributed by atoms with Gasteiger partial charge < -0.3 is 15.4 Å². The van der Waals surface area contributed by atoms with Crippen LogP contribution in [0.15, 0.2) is 36.4 Å². The van der Waals surface area contributed by atoms with Gasteiger partial charge in [0.1, 0.15) is 17.7 Å². The number of amides is 2. The third-order valence-corrected chi connectivity index (χ3v) is 13.0. The summed E-state index contributed by atoms with van der Waals surface area (Å²) in [5, 5.41) is 6.14. The number of nitrogens with one attached hydrogen (secondary N) is 3. The van der Waals surface area contributed by atoms with Gasteiger partial charge in [-0.25, -0.2) is 22.3 Å². The van der Waals surface area contributed by atoms with E-state index in [1.54, 1.807) is 30.3 Å². The quantitative estimate of drug-likeness (QED) is 0.284. The van der Waals surface area contributed by atoms with Crippen LogP contribution in [-0.4, -0.2) is 73.4 Å². The number of hydrogen-bond acceptors (Lipinski definition) is 6. The first-order valence-electron chi connectivity index (χ1n) is 17.5. The molecule has 2 aromatic carbocycles.